The van der Waals surface area contributed by atoms with E-state index in [-0.39, 0.29) is 23.0 Å². The molecule has 0 aliphatic rings. The van der Waals surface area contributed by atoms with Gasteiger partial charge in [0.15, 0.2) is 0 Å². The molecule has 0 aromatic heterocycles. The summed E-state index contributed by atoms with van der Waals surface area (Å²) in [5.74, 6) is -0.484. The molecule has 20 heavy (non-hydrogen) atoms. The Labute approximate surface area is 117 Å². The lowest BCUT2D eigenvalue weighted by atomic mass is 10.1. The minimum atomic E-state index is -0.609. The Morgan fingerprint density at radius 1 is 1.50 bits per heavy atom. The zero-order chi connectivity index (χ0) is 15.3. The van der Waals surface area contributed by atoms with E-state index in [1.54, 1.807) is 7.05 Å². The lowest BCUT2D eigenvalue weighted by Crippen LogP contribution is -2.31. The largest absolute Gasteiger partial charge is 0.398 e. The molecule has 0 saturated heterocycles. The molecule has 0 bridgehead atoms. The number of anilines is 1. The van der Waals surface area contributed by atoms with Crippen molar-refractivity contribution in [2.24, 2.45) is 0 Å². The minimum Gasteiger partial charge on any atom is -0.398 e. The van der Waals surface area contributed by atoms with Crippen molar-refractivity contribution in [1.29, 1.82) is 0 Å². The van der Waals surface area contributed by atoms with E-state index >= 15 is 0 Å². The molecule has 1 rings (SSSR count). The number of hydrogen-bond donors (Lipinski definition) is 1. The van der Waals surface area contributed by atoms with Crippen molar-refractivity contribution in [2.45, 2.75) is 20.0 Å². The van der Waals surface area contributed by atoms with Crippen LogP contribution in [-0.4, -0.2) is 42.0 Å². The number of amides is 1. The van der Waals surface area contributed by atoms with Crippen LogP contribution in [0.25, 0.3) is 0 Å². The summed E-state index contributed by atoms with van der Waals surface area (Å²) < 4.78 is 5.35. The Balaban J connectivity index is 2.89. The second-order valence-corrected chi connectivity index (χ2v) is 4.64. The van der Waals surface area contributed by atoms with E-state index < -0.39 is 10.8 Å². The van der Waals surface area contributed by atoms with Crippen molar-refractivity contribution in [3.05, 3.63) is 33.9 Å². The first kappa shape index (κ1) is 15.9. The predicted molar refractivity (Wildman–Crippen MR) is 75.6 cm³/mol. The molecule has 0 aliphatic heterocycles. The lowest BCUT2D eigenvalue weighted by molar-refractivity contribution is -0.385. The summed E-state index contributed by atoms with van der Waals surface area (Å²) in [5.41, 5.74) is 5.42. The first-order chi connectivity index (χ1) is 9.34. The number of nitrogen functional groups attached to an aromatic ring is 1. The third kappa shape index (κ3) is 3.92. The maximum Gasteiger partial charge on any atom is 0.284 e. The van der Waals surface area contributed by atoms with Crippen LogP contribution < -0.4 is 5.73 Å². The quantitative estimate of drug-likeness (QED) is 0.486. The van der Waals surface area contributed by atoms with Crippen molar-refractivity contribution < 1.29 is 14.5 Å². The molecule has 1 aromatic rings. The number of carbonyl (C=O) groups excluding carboxylic acids is 1. The van der Waals surface area contributed by atoms with E-state index in [9.17, 15) is 14.9 Å². The first-order valence-electron chi connectivity index (χ1n) is 6.24. The number of nitro groups is 1. The van der Waals surface area contributed by atoms with Gasteiger partial charge in [-0.1, -0.05) is 6.07 Å². The summed E-state index contributed by atoms with van der Waals surface area (Å²) in [4.78, 5) is 24.0. The van der Waals surface area contributed by atoms with Crippen molar-refractivity contribution in [2.75, 3.05) is 25.9 Å². The second kappa shape index (κ2) is 6.85. The number of nitro benzene ring substituents is 1. The first-order valence-corrected chi connectivity index (χ1v) is 6.24. The molecule has 0 radical (unpaired) electrons. The van der Waals surface area contributed by atoms with E-state index in [4.69, 9.17) is 10.5 Å². The van der Waals surface area contributed by atoms with Crippen LogP contribution in [0, 0.1) is 10.1 Å². The zero-order valence-electron chi connectivity index (χ0n) is 11.8. The van der Waals surface area contributed by atoms with Gasteiger partial charge in [0.25, 0.3) is 11.6 Å². The second-order valence-electron chi connectivity index (χ2n) is 4.64. The molecule has 2 N–H and O–H groups in total. The van der Waals surface area contributed by atoms with Crippen molar-refractivity contribution in [3.63, 3.8) is 0 Å². The van der Waals surface area contributed by atoms with E-state index in [0.29, 0.717) is 13.2 Å². The highest BCUT2D eigenvalue weighted by Gasteiger charge is 2.25. The summed E-state index contributed by atoms with van der Waals surface area (Å²) in [7, 11) is 1.56. The third-order valence-electron chi connectivity index (χ3n) is 2.71. The number of carbonyl (C=O) groups is 1. The van der Waals surface area contributed by atoms with E-state index in [1.807, 2.05) is 13.8 Å². The van der Waals surface area contributed by atoms with Crippen LogP contribution in [0.4, 0.5) is 11.4 Å². The normalized spacial score (nSPS) is 10.6. The standard InChI is InChI=1S/C13H19N3O4/c1-9(2)20-8-7-15(3)13(17)12-10(14)5-4-6-11(12)16(18)19/h4-6,9H,7-8,14H2,1-3H3. The Bertz CT molecular complexity index is 502. The Kier molecular flexibility index (Phi) is 5.45. The summed E-state index contributed by atoms with van der Waals surface area (Å²) >= 11 is 0. The van der Waals surface area contributed by atoms with Crippen LogP contribution in [0.1, 0.15) is 24.2 Å². The van der Waals surface area contributed by atoms with E-state index in [1.165, 1.54) is 23.1 Å². The summed E-state index contributed by atoms with van der Waals surface area (Å²) in [6.07, 6.45) is 0.0645. The zero-order valence-corrected chi connectivity index (χ0v) is 11.8. The maximum atomic E-state index is 12.3. The van der Waals surface area contributed by atoms with Crippen LogP contribution in [-0.2, 0) is 4.74 Å². The molecule has 0 heterocycles. The minimum absolute atomic E-state index is 0.0645. The van der Waals surface area contributed by atoms with Crippen LogP contribution in [0.5, 0.6) is 0 Å². The van der Waals surface area contributed by atoms with Gasteiger partial charge in [-0.25, -0.2) is 0 Å². The highest BCUT2D eigenvalue weighted by atomic mass is 16.6. The van der Waals surface area contributed by atoms with E-state index in [0.717, 1.165) is 0 Å². The number of benzene rings is 1. The molecule has 1 aromatic carbocycles. The Morgan fingerprint density at radius 3 is 2.70 bits per heavy atom. The van der Waals surface area contributed by atoms with Gasteiger partial charge in [0.05, 0.1) is 23.3 Å². The number of hydrogen-bond acceptors (Lipinski definition) is 5. The Morgan fingerprint density at radius 2 is 2.15 bits per heavy atom. The molecule has 7 heteroatoms. The van der Waals surface area contributed by atoms with Gasteiger partial charge >= 0.3 is 0 Å². The Hall–Kier alpha value is -2.15. The van der Waals surface area contributed by atoms with Crippen LogP contribution in [0.3, 0.4) is 0 Å². The number of nitrogens with two attached hydrogens (primary N) is 1. The highest BCUT2D eigenvalue weighted by Crippen LogP contribution is 2.25. The molecule has 0 atom stereocenters. The molecule has 110 valence electrons. The van der Waals surface area contributed by atoms with Crippen LogP contribution >= 0.6 is 0 Å². The summed E-state index contributed by atoms with van der Waals surface area (Å²) in [6, 6.07) is 4.19. The number of nitrogens with zero attached hydrogens (tertiary/aromatic N) is 2. The number of ether oxygens (including phenoxy) is 1. The van der Waals surface area contributed by atoms with Gasteiger partial charge < -0.3 is 15.4 Å². The number of rotatable bonds is 6. The smallest absolute Gasteiger partial charge is 0.284 e. The van der Waals surface area contributed by atoms with Crippen molar-refractivity contribution >= 4 is 17.3 Å². The fourth-order valence-electron chi connectivity index (χ4n) is 1.66. The predicted octanol–water partition coefficient (Wildman–Crippen LogP) is 1.67. The fourth-order valence-corrected chi connectivity index (χ4v) is 1.66. The SMILES string of the molecule is CC(C)OCCN(C)C(=O)c1c(N)cccc1[N+](=O)[O-]. The van der Waals surface area contributed by atoms with Gasteiger partial charge in [0, 0.05) is 19.7 Å². The average molecular weight is 281 g/mol. The molecule has 0 fully saturated rings. The third-order valence-corrected chi connectivity index (χ3v) is 2.71. The van der Waals surface area contributed by atoms with Crippen molar-refractivity contribution in [3.8, 4) is 0 Å². The molecular weight excluding hydrogens is 262 g/mol. The summed E-state index contributed by atoms with van der Waals surface area (Å²) in [5, 5.41) is 11.0. The molecule has 0 saturated carbocycles. The topological polar surface area (TPSA) is 98.7 Å². The van der Waals surface area contributed by atoms with Crippen LogP contribution in [0.15, 0.2) is 18.2 Å². The van der Waals surface area contributed by atoms with Gasteiger partial charge in [-0.2, -0.15) is 0 Å². The van der Waals surface area contributed by atoms with Gasteiger partial charge in [0.1, 0.15) is 5.56 Å². The molecule has 0 spiro atoms. The van der Waals surface area contributed by atoms with Gasteiger partial charge in [-0.05, 0) is 19.9 Å². The van der Waals surface area contributed by atoms with Gasteiger partial charge in [-0.15, -0.1) is 0 Å². The van der Waals surface area contributed by atoms with Gasteiger partial charge in [0.2, 0.25) is 0 Å². The maximum absolute atomic E-state index is 12.3. The van der Waals surface area contributed by atoms with E-state index in [2.05, 4.69) is 0 Å². The number of likely N-dealkylation sites (N-methyl/N-ethyl adjacent to an activating group) is 1. The molecular formula is C13H19N3O4. The van der Waals surface area contributed by atoms with Crippen molar-refractivity contribution in [1.82, 2.24) is 4.90 Å². The van der Waals surface area contributed by atoms with Crippen LogP contribution in [0.2, 0.25) is 0 Å². The molecule has 1 amide bonds. The van der Waals surface area contributed by atoms with Gasteiger partial charge in [-0.3, -0.25) is 14.9 Å². The molecule has 0 aliphatic carbocycles. The average Bonchev–Trinajstić information content (AvgIpc) is 2.36. The monoisotopic (exact) mass is 281 g/mol. The summed E-state index contributed by atoms with van der Waals surface area (Å²) in [6.45, 7) is 4.48. The fraction of sp³-hybridized carbons (Fsp3) is 0.462. The molecule has 0 unspecified atom stereocenters. The highest BCUT2D eigenvalue weighted by molar-refractivity contribution is 6.02. The molecule has 7 nitrogen and oxygen atoms in total. The lowest BCUT2D eigenvalue weighted by Gasteiger charge is -2.18.